The number of rotatable bonds is 13. The van der Waals surface area contributed by atoms with Crippen LogP contribution in [0.3, 0.4) is 0 Å². The molecule has 3 heterocycles. The van der Waals surface area contributed by atoms with E-state index in [-0.39, 0.29) is 47.1 Å². The van der Waals surface area contributed by atoms with Gasteiger partial charge in [0.25, 0.3) is 15.6 Å². The standard InChI is InChI=1S/C26H27ClFN5O7S/c1-39-25-21(31-41(37,38)23-4-3-19(28)13-20(23)27)12-18(14-30-25)17-2-5-24-29-15-22(26(36)33(24)16-17)40-11-8-32(6-9-34)7-10-35/h2-5,12-16,31,34-35H,6-11H2,1H3. The average Bonchev–Trinajstić information content (AvgIpc) is 2.94. The molecular formula is C26H27ClFN5O7S. The number of benzene rings is 1. The summed E-state index contributed by atoms with van der Waals surface area (Å²) in [5.41, 5.74) is 0.814. The van der Waals surface area contributed by atoms with E-state index in [0.29, 0.717) is 36.4 Å². The maximum absolute atomic E-state index is 13.5. The lowest BCUT2D eigenvalue weighted by Gasteiger charge is -2.19. The molecule has 0 spiro atoms. The molecule has 0 saturated heterocycles. The Labute approximate surface area is 239 Å². The summed E-state index contributed by atoms with van der Waals surface area (Å²) in [5.74, 6) is -0.706. The second kappa shape index (κ2) is 13.2. The van der Waals surface area contributed by atoms with Crippen LogP contribution in [0.25, 0.3) is 16.8 Å². The Hall–Kier alpha value is -3.82. The Kier molecular flexibility index (Phi) is 9.73. The zero-order chi connectivity index (χ0) is 29.6. The summed E-state index contributed by atoms with van der Waals surface area (Å²) in [6.45, 7) is 1.06. The summed E-state index contributed by atoms with van der Waals surface area (Å²) in [6.07, 6.45) is 4.28. The van der Waals surface area contributed by atoms with Crippen molar-refractivity contribution in [2.24, 2.45) is 0 Å². The van der Waals surface area contributed by atoms with Gasteiger partial charge in [-0.3, -0.25) is 18.8 Å². The van der Waals surface area contributed by atoms with E-state index in [2.05, 4.69) is 14.7 Å². The molecule has 0 aliphatic heterocycles. The van der Waals surface area contributed by atoms with Gasteiger partial charge in [0.05, 0.1) is 31.5 Å². The predicted molar refractivity (Wildman–Crippen MR) is 150 cm³/mol. The zero-order valence-corrected chi connectivity index (χ0v) is 23.4. The van der Waals surface area contributed by atoms with Gasteiger partial charge >= 0.3 is 0 Å². The molecule has 0 radical (unpaired) electrons. The normalized spacial score (nSPS) is 11.7. The molecule has 0 fully saturated rings. The summed E-state index contributed by atoms with van der Waals surface area (Å²) in [6, 6.07) is 7.67. The number of anilines is 1. The first kappa shape index (κ1) is 30.1. The van der Waals surface area contributed by atoms with Crippen LogP contribution in [0.1, 0.15) is 0 Å². The highest BCUT2D eigenvalue weighted by Crippen LogP contribution is 2.31. The van der Waals surface area contributed by atoms with Crippen LogP contribution in [0.4, 0.5) is 10.1 Å². The largest absolute Gasteiger partial charge is 0.485 e. The van der Waals surface area contributed by atoms with Crippen molar-refractivity contribution in [3.05, 3.63) is 76.2 Å². The van der Waals surface area contributed by atoms with Crippen molar-refractivity contribution in [1.82, 2.24) is 19.3 Å². The quantitative estimate of drug-likeness (QED) is 0.205. The first-order valence-electron chi connectivity index (χ1n) is 12.3. The number of hydrogen-bond acceptors (Lipinski definition) is 10. The van der Waals surface area contributed by atoms with Crippen molar-refractivity contribution in [2.75, 3.05) is 51.3 Å². The Morgan fingerprint density at radius 3 is 2.49 bits per heavy atom. The molecule has 3 aromatic heterocycles. The number of ether oxygens (including phenoxy) is 2. The number of aliphatic hydroxyl groups is 2. The van der Waals surface area contributed by atoms with Gasteiger partial charge in [0.1, 0.15) is 28.7 Å². The van der Waals surface area contributed by atoms with Crippen LogP contribution in [0.15, 0.2) is 64.7 Å². The zero-order valence-electron chi connectivity index (χ0n) is 21.8. The molecule has 0 bridgehead atoms. The van der Waals surface area contributed by atoms with E-state index in [4.69, 9.17) is 31.3 Å². The molecule has 1 aromatic carbocycles. The van der Waals surface area contributed by atoms with E-state index in [9.17, 15) is 17.6 Å². The van der Waals surface area contributed by atoms with E-state index in [1.165, 1.54) is 36.2 Å². The Balaban J connectivity index is 1.63. The number of nitrogens with one attached hydrogen (secondary N) is 1. The molecule has 0 atom stereocenters. The number of halogens is 2. The van der Waals surface area contributed by atoms with E-state index in [1.807, 2.05) is 0 Å². The Morgan fingerprint density at radius 1 is 1.05 bits per heavy atom. The highest BCUT2D eigenvalue weighted by molar-refractivity contribution is 7.92. The molecule has 15 heteroatoms. The van der Waals surface area contributed by atoms with Gasteiger partial charge < -0.3 is 19.7 Å². The third kappa shape index (κ3) is 7.10. The Bertz CT molecular complexity index is 1700. The topological polar surface area (TPSA) is 156 Å². The van der Waals surface area contributed by atoms with Gasteiger partial charge in [0, 0.05) is 43.2 Å². The van der Waals surface area contributed by atoms with Crippen LogP contribution < -0.4 is 19.8 Å². The fourth-order valence-corrected chi connectivity index (χ4v) is 5.55. The van der Waals surface area contributed by atoms with Gasteiger partial charge in [-0.05, 0) is 36.4 Å². The SMILES string of the molecule is COc1ncc(-c2ccc3ncc(OCCN(CCO)CCO)c(=O)n3c2)cc1NS(=O)(=O)c1ccc(F)cc1Cl. The third-order valence-corrected chi connectivity index (χ3v) is 7.82. The van der Waals surface area contributed by atoms with Gasteiger partial charge in [0.2, 0.25) is 11.6 Å². The molecular weight excluding hydrogens is 581 g/mol. The van der Waals surface area contributed by atoms with E-state index in [1.54, 1.807) is 17.0 Å². The molecule has 0 saturated carbocycles. The van der Waals surface area contributed by atoms with Crippen LogP contribution in [0.5, 0.6) is 11.6 Å². The maximum atomic E-state index is 13.5. The fraction of sp³-hybridized carbons (Fsp3) is 0.269. The van der Waals surface area contributed by atoms with Gasteiger partial charge in [-0.15, -0.1) is 0 Å². The number of methoxy groups -OCH3 is 1. The van der Waals surface area contributed by atoms with Crippen molar-refractivity contribution < 1.29 is 32.5 Å². The molecule has 12 nitrogen and oxygen atoms in total. The summed E-state index contributed by atoms with van der Waals surface area (Å²) in [7, 11) is -2.92. The summed E-state index contributed by atoms with van der Waals surface area (Å²) < 4.78 is 54.0. The van der Waals surface area contributed by atoms with Crippen molar-refractivity contribution in [3.8, 4) is 22.8 Å². The highest BCUT2D eigenvalue weighted by Gasteiger charge is 2.21. The van der Waals surface area contributed by atoms with Crippen molar-refractivity contribution in [2.45, 2.75) is 4.90 Å². The maximum Gasteiger partial charge on any atom is 0.300 e. The molecule has 0 aliphatic carbocycles. The molecule has 218 valence electrons. The lowest BCUT2D eigenvalue weighted by atomic mass is 10.1. The lowest BCUT2D eigenvalue weighted by molar-refractivity contribution is 0.141. The lowest BCUT2D eigenvalue weighted by Crippen LogP contribution is -2.34. The highest BCUT2D eigenvalue weighted by atomic mass is 35.5. The van der Waals surface area contributed by atoms with Gasteiger partial charge in [0.15, 0.2) is 0 Å². The van der Waals surface area contributed by atoms with Gasteiger partial charge in [-0.25, -0.2) is 22.8 Å². The molecule has 0 amide bonds. The number of hydrogen-bond donors (Lipinski definition) is 3. The first-order valence-corrected chi connectivity index (χ1v) is 14.1. The predicted octanol–water partition coefficient (Wildman–Crippen LogP) is 2.02. The van der Waals surface area contributed by atoms with E-state index in [0.717, 1.165) is 18.2 Å². The molecule has 41 heavy (non-hydrogen) atoms. The monoisotopic (exact) mass is 607 g/mol. The van der Waals surface area contributed by atoms with Crippen molar-refractivity contribution >= 4 is 33.0 Å². The van der Waals surface area contributed by atoms with Crippen LogP contribution >= 0.6 is 11.6 Å². The average molecular weight is 608 g/mol. The second-order valence-electron chi connectivity index (χ2n) is 8.67. The molecule has 0 aliphatic rings. The smallest absolute Gasteiger partial charge is 0.300 e. The van der Waals surface area contributed by atoms with E-state index >= 15 is 0 Å². The van der Waals surface area contributed by atoms with Crippen molar-refractivity contribution in [1.29, 1.82) is 0 Å². The van der Waals surface area contributed by atoms with Crippen LogP contribution in [-0.4, -0.2) is 84.5 Å². The number of sulfonamides is 1. The minimum atomic E-state index is -4.24. The second-order valence-corrected chi connectivity index (χ2v) is 10.7. The number of fused-ring (bicyclic) bond motifs is 1. The van der Waals surface area contributed by atoms with Crippen LogP contribution in [-0.2, 0) is 10.0 Å². The van der Waals surface area contributed by atoms with Crippen molar-refractivity contribution in [3.63, 3.8) is 0 Å². The minimum Gasteiger partial charge on any atom is -0.485 e. The number of pyridine rings is 2. The van der Waals surface area contributed by atoms with Crippen LogP contribution in [0.2, 0.25) is 5.02 Å². The van der Waals surface area contributed by atoms with Gasteiger partial charge in [-0.1, -0.05) is 11.6 Å². The van der Waals surface area contributed by atoms with Gasteiger partial charge in [-0.2, -0.15) is 0 Å². The Morgan fingerprint density at radius 2 is 1.80 bits per heavy atom. The number of aromatic nitrogens is 3. The summed E-state index contributed by atoms with van der Waals surface area (Å²) in [5, 5.41) is 18.0. The molecule has 3 N–H and O–H groups in total. The fourth-order valence-electron chi connectivity index (χ4n) is 3.97. The van der Waals surface area contributed by atoms with Crippen LogP contribution in [0, 0.1) is 5.82 Å². The first-order chi connectivity index (χ1) is 19.7. The van der Waals surface area contributed by atoms with E-state index < -0.39 is 21.4 Å². The summed E-state index contributed by atoms with van der Waals surface area (Å²) >= 11 is 5.96. The summed E-state index contributed by atoms with van der Waals surface area (Å²) in [4.78, 5) is 23.1. The third-order valence-electron chi connectivity index (χ3n) is 5.97. The molecule has 0 unspecified atom stereocenters. The number of aliphatic hydroxyl groups excluding tert-OH is 2. The minimum absolute atomic E-state index is 0.00470. The molecule has 4 aromatic rings. The number of nitrogens with zero attached hydrogens (tertiary/aromatic N) is 4. The molecule has 4 rings (SSSR count).